The van der Waals surface area contributed by atoms with E-state index in [1.54, 1.807) is 24.8 Å². The molecule has 0 aromatic carbocycles. The first-order valence-corrected chi connectivity index (χ1v) is 3.77. The molecule has 0 amide bonds. The van der Waals surface area contributed by atoms with E-state index in [2.05, 4.69) is 9.97 Å². The van der Waals surface area contributed by atoms with Gasteiger partial charge < -0.3 is 0 Å². The Kier molecular flexibility index (Phi) is 3.83. The fourth-order valence-corrected chi connectivity index (χ4v) is 1.09. The van der Waals surface area contributed by atoms with E-state index in [4.69, 9.17) is 0 Å². The summed E-state index contributed by atoms with van der Waals surface area (Å²) in [4.78, 5) is 7.91. The zero-order valence-corrected chi connectivity index (χ0v) is 8.98. The Bertz CT molecular complexity index is 310. The van der Waals surface area contributed by atoms with Gasteiger partial charge in [-0.2, -0.15) is 0 Å². The van der Waals surface area contributed by atoms with Crippen LogP contribution in [0.2, 0.25) is 0 Å². The summed E-state index contributed by atoms with van der Waals surface area (Å²) in [5, 5.41) is 0. The first kappa shape index (κ1) is 10.1. The zero-order chi connectivity index (χ0) is 8.23. The molecule has 0 unspecified atom stereocenters. The number of hydrogen-bond acceptors (Lipinski definition) is 2. The summed E-state index contributed by atoms with van der Waals surface area (Å²) in [5.74, 6) is 0. The molecule has 0 N–H and O–H groups in total. The third kappa shape index (κ3) is 2.49. The van der Waals surface area contributed by atoms with Gasteiger partial charge in [0, 0.05) is 47.2 Å². The first-order chi connectivity index (χ1) is 5.97. The molecule has 2 aromatic rings. The molecule has 2 aromatic heterocycles. The SMILES string of the molecule is [Au].c1cc(-c2ccncc2)ccn1. The van der Waals surface area contributed by atoms with Crippen LogP contribution in [0.5, 0.6) is 0 Å². The summed E-state index contributed by atoms with van der Waals surface area (Å²) in [6.07, 6.45) is 7.15. The van der Waals surface area contributed by atoms with Crippen LogP contribution >= 0.6 is 0 Å². The fourth-order valence-electron chi connectivity index (χ4n) is 1.09. The molecule has 0 aliphatic carbocycles. The Hall–Kier alpha value is -0.960. The number of pyridine rings is 2. The van der Waals surface area contributed by atoms with E-state index >= 15 is 0 Å². The van der Waals surface area contributed by atoms with Crippen molar-refractivity contribution in [2.75, 3.05) is 0 Å². The third-order valence-corrected chi connectivity index (χ3v) is 1.69. The standard InChI is InChI=1S/C10H8N2.Au/c1-5-11-6-2-9(1)10-3-7-12-8-4-10;/h1-8H;. The maximum absolute atomic E-state index is 3.96. The Morgan fingerprint density at radius 1 is 0.615 bits per heavy atom. The maximum atomic E-state index is 3.96. The van der Waals surface area contributed by atoms with Gasteiger partial charge in [-0.05, 0) is 35.4 Å². The van der Waals surface area contributed by atoms with Crippen LogP contribution < -0.4 is 0 Å². The second kappa shape index (κ2) is 4.92. The zero-order valence-electron chi connectivity index (χ0n) is 6.81. The van der Waals surface area contributed by atoms with Crippen molar-refractivity contribution in [3.8, 4) is 11.1 Å². The van der Waals surface area contributed by atoms with Crippen LogP contribution in [0, 0.1) is 0 Å². The van der Waals surface area contributed by atoms with Gasteiger partial charge >= 0.3 is 0 Å². The molecule has 1 radical (unpaired) electrons. The van der Waals surface area contributed by atoms with Crippen LogP contribution in [0.15, 0.2) is 49.1 Å². The second-order valence-electron chi connectivity index (χ2n) is 2.47. The van der Waals surface area contributed by atoms with Crippen molar-refractivity contribution < 1.29 is 22.4 Å². The van der Waals surface area contributed by atoms with Crippen LogP contribution in [0.4, 0.5) is 0 Å². The smallest absolute Gasteiger partial charge is 0.0273 e. The quantitative estimate of drug-likeness (QED) is 0.735. The van der Waals surface area contributed by atoms with Gasteiger partial charge in [-0.15, -0.1) is 0 Å². The van der Waals surface area contributed by atoms with Gasteiger partial charge in [0.1, 0.15) is 0 Å². The minimum absolute atomic E-state index is 0. The molecular weight excluding hydrogens is 345 g/mol. The topological polar surface area (TPSA) is 25.8 Å². The monoisotopic (exact) mass is 353 g/mol. The van der Waals surface area contributed by atoms with Gasteiger partial charge in [-0.1, -0.05) is 0 Å². The molecule has 0 aliphatic rings. The minimum atomic E-state index is 0. The van der Waals surface area contributed by atoms with Crippen LogP contribution in [0.3, 0.4) is 0 Å². The fraction of sp³-hybridized carbons (Fsp3) is 0. The van der Waals surface area contributed by atoms with Crippen molar-refractivity contribution in [1.82, 2.24) is 9.97 Å². The molecule has 3 heteroatoms. The molecule has 2 nitrogen and oxygen atoms in total. The van der Waals surface area contributed by atoms with Gasteiger partial charge in [0.05, 0.1) is 0 Å². The van der Waals surface area contributed by atoms with Crippen molar-refractivity contribution in [2.45, 2.75) is 0 Å². The van der Waals surface area contributed by atoms with E-state index in [1.807, 2.05) is 24.3 Å². The van der Waals surface area contributed by atoms with Gasteiger partial charge in [-0.25, -0.2) is 0 Å². The summed E-state index contributed by atoms with van der Waals surface area (Å²) in [6.45, 7) is 0. The molecule has 0 saturated heterocycles. The van der Waals surface area contributed by atoms with Crippen molar-refractivity contribution in [3.05, 3.63) is 49.1 Å². The molecule has 0 spiro atoms. The Morgan fingerprint density at radius 2 is 0.923 bits per heavy atom. The van der Waals surface area contributed by atoms with E-state index < -0.39 is 0 Å². The molecular formula is C10H8AuN2. The van der Waals surface area contributed by atoms with E-state index in [0.717, 1.165) is 0 Å². The number of nitrogens with zero attached hydrogens (tertiary/aromatic N) is 2. The van der Waals surface area contributed by atoms with Crippen molar-refractivity contribution >= 4 is 0 Å². The predicted octanol–water partition coefficient (Wildman–Crippen LogP) is 2.14. The molecule has 0 fully saturated rings. The summed E-state index contributed by atoms with van der Waals surface area (Å²) in [5.41, 5.74) is 2.35. The van der Waals surface area contributed by atoms with Crippen molar-refractivity contribution in [2.24, 2.45) is 0 Å². The van der Waals surface area contributed by atoms with Gasteiger partial charge in [0.25, 0.3) is 0 Å². The number of hydrogen-bond donors (Lipinski definition) is 0. The molecule has 13 heavy (non-hydrogen) atoms. The van der Waals surface area contributed by atoms with Crippen LogP contribution in [-0.2, 0) is 22.4 Å². The van der Waals surface area contributed by atoms with E-state index in [-0.39, 0.29) is 22.4 Å². The van der Waals surface area contributed by atoms with Crippen molar-refractivity contribution in [1.29, 1.82) is 0 Å². The predicted molar refractivity (Wildman–Crippen MR) is 47.5 cm³/mol. The molecule has 2 heterocycles. The largest absolute Gasteiger partial charge is 0.265 e. The summed E-state index contributed by atoms with van der Waals surface area (Å²) in [6, 6.07) is 7.93. The Labute approximate surface area is 92.6 Å². The summed E-state index contributed by atoms with van der Waals surface area (Å²) < 4.78 is 0. The molecule has 0 saturated carbocycles. The molecule has 69 valence electrons. The third-order valence-electron chi connectivity index (χ3n) is 1.69. The summed E-state index contributed by atoms with van der Waals surface area (Å²) in [7, 11) is 0. The van der Waals surface area contributed by atoms with E-state index in [1.165, 1.54) is 11.1 Å². The second-order valence-corrected chi connectivity index (χ2v) is 2.47. The Morgan fingerprint density at radius 3 is 1.23 bits per heavy atom. The normalized spacial score (nSPS) is 8.92. The maximum Gasteiger partial charge on any atom is 0.0273 e. The van der Waals surface area contributed by atoms with Gasteiger partial charge in [-0.3, -0.25) is 9.97 Å². The minimum Gasteiger partial charge on any atom is -0.265 e. The molecule has 0 aliphatic heterocycles. The summed E-state index contributed by atoms with van der Waals surface area (Å²) >= 11 is 0. The van der Waals surface area contributed by atoms with Crippen LogP contribution in [-0.4, -0.2) is 9.97 Å². The van der Waals surface area contributed by atoms with E-state index in [9.17, 15) is 0 Å². The average molecular weight is 353 g/mol. The van der Waals surface area contributed by atoms with Crippen LogP contribution in [0.1, 0.15) is 0 Å². The number of rotatable bonds is 1. The molecule has 0 bridgehead atoms. The van der Waals surface area contributed by atoms with Crippen LogP contribution in [0.25, 0.3) is 11.1 Å². The molecule has 2 rings (SSSR count). The van der Waals surface area contributed by atoms with Gasteiger partial charge in [0.15, 0.2) is 0 Å². The van der Waals surface area contributed by atoms with Crippen molar-refractivity contribution in [3.63, 3.8) is 0 Å². The van der Waals surface area contributed by atoms with Gasteiger partial charge in [0.2, 0.25) is 0 Å². The van der Waals surface area contributed by atoms with E-state index in [0.29, 0.717) is 0 Å². The Balaban J connectivity index is 0.000000845. The molecule has 0 atom stereocenters. The number of aromatic nitrogens is 2. The average Bonchev–Trinajstić information content (AvgIpc) is 2.21. The first-order valence-electron chi connectivity index (χ1n) is 3.77.